The molecule has 0 radical (unpaired) electrons. The summed E-state index contributed by atoms with van der Waals surface area (Å²) in [5, 5.41) is 8.80. The van der Waals surface area contributed by atoms with Gasteiger partial charge in [-0.3, -0.25) is 4.79 Å². The van der Waals surface area contributed by atoms with Crippen LogP contribution in [0.15, 0.2) is 30.3 Å². The lowest BCUT2D eigenvalue weighted by atomic mass is 10.0. The van der Waals surface area contributed by atoms with Crippen molar-refractivity contribution in [1.29, 1.82) is 0 Å². The van der Waals surface area contributed by atoms with Crippen molar-refractivity contribution < 1.29 is 19.0 Å². The van der Waals surface area contributed by atoms with Gasteiger partial charge in [0.05, 0.1) is 13.2 Å². The normalized spacial score (nSPS) is 18.7. The number of fused-ring (bicyclic) bond motifs is 1. The van der Waals surface area contributed by atoms with E-state index in [9.17, 15) is 4.79 Å². The van der Waals surface area contributed by atoms with Gasteiger partial charge in [-0.25, -0.2) is 0 Å². The molecule has 0 aromatic heterocycles. The summed E-state index contributed by atoms with van der Waals surface area (Å²) in [5.41, 5.74) is 2.10. The fourth-order valence-electron chi connectivity index (χ4n) is 4.19. The van der Waals surface area contributed by atoms with Crippen LogP contribution in [0.2, 0.25) is 0 Å². The predicted molar refractivity (Wildman–Crippen MR) is 122 cm³/mol. The molecule has 1 heterocycles. The standard InChI is InChI=1S/C24H33N3O4/c1-25-23-17(16-27(18-8-9-18)24(28)22-15-26-10-13-31-22)14-21(30-12-5-11-29-2)19-6-3-4-7-20(19)23/h3-4,6-7,14,18,22,25-26H,5,8-13,15-16H2,1-2H3/t22-/m1/s1. The smallest absolute Gasteiger partial charge is 0.253 e. The first-order valence-corrected chi connectivity index (χ1v) is 11.2. The van der Waals surface area contributed by atoms with Crippen molar-refractivity contribution in [3.63, 3.8) is 0 Å². The van der Waals surface area contributed by atoms with Gasteiger partial charge in [-0.05, 0) is 24.5 Å². The number of anilines is 1. The summed E-state index contributed by atoms with van der Waals surface area (Å²) in [4.78, 5) is 15.3. The lowest BCUT2D eigenvalue weighted by Crippen LogP contribution is -2.49. The van der Waals surface area contributed by atoms with Gasteiger partial charge in [-0.2, -0.15) is 0 Å². The highest BCUT2D eigenvalue weighted by Gasteiger charge is 2.37. The zero-order valence-electron chi connectivity index (χ0n) is 18.5. The number of benzene rings is 2. The van der Waals surface area contributed by atoms with Crippen molar-refractivity contribution in [1.82, 2.24) is 10.2 Å². The van der Waals surface area contributed by atoms with Gasteiger partial charge in [0.25, 0.3) is 5.91 Å². The van der Waals surface area contributed by atoms with Crippen LogP contribution in [-0.4, -0.2) is 70.0 Å². The van der Waals surface area contributed by atoms with Crippen molar-refractivity contribution in [2.45, 2.75) is 38.0 Å². The van der Waals surface area contributed by atoms with E-state index in [0.717, 1.165) is 53.6 Å². The van der Waals surface area contributed by atoms with Gasteiger partial charge < -0.3 is 29.7 Å². The van der Waals surface area contributed by atoms with Gasteiger partial charge in [0.1, 0.15) is 11.9 Å². The highest BCUT2D eigenvalue weighted by atomic mass is 16.5. The molecule has 7 nitrogen and oxygen atoms in total. The second-order valence-electron chi connectivity index (χ2n) is 8.16. The highest BCUT2D eigenvalue weighted by molar-refractivity contribution is 5.99. The third-order valence-corrected chi connectivity index (χ3v) is 5.90. The van der Waals surface area contributed by atoms with E-state index in [1.165, 1.54) is 0 Å². The van der Waals surface area contributed by atoms with E-state index in [4.69, 9.17) is 14.2 Å². The summed E-state index contributed by atoms with van der Waals surface area (Å²) < 4.78 is 17.1. The minimum Gasteiger partial charge on any atom is -0.493 e. The average molecular weight is 428 g/mol. The van der Waals surface area contributed by atoms with Crippen LogP contribution in [0.3, 0.4) is 0 Å². The monoisotopic (exact) mass is 427 g/mol. The van der Waals surface area contributed by atoms with Crippen molar-refractivity contribution in [3.05, 3.63) is 35.9 Å². The Bertz CT molecular complexity index is 894. The molecule has 7 heteroatoms. The number of nitrogens with one attached hydrogen (secondary N) is 2. The lowest BCUT2D eigenvalue weighted by molar-refractivity contribution is -0.146. The zero-order chi connectivity index (χ0) is 21.6. The molecule has 0 bridgehead atoms. The topological polar surface area (TPSA) is 72.1 Å². The molecular formula is C24H33N3O4. The summed E-state index contributed by atoms with van der Waals surface area (Å²) in [6.07, 6.45) is 2.52. The third-order valence-electron chi connectivity index (χ3n) is 5.90. The van der Waals surface area contributed by atoms with Crippen LogP contribution in [0.5, 0.6) is 5.75 Å². The molecule has 1 amide bonds. The number of methoxy groups -OCH3 is 1. The fraction of sp³-hybridized carbons (Fsp3) is 0.542. The van der Waals surface area contributed by atoms with E-state index < -0.39 is 6.10 Å². The van der Waals surface area contributed by atoms with Crippen LogP contribution < -0.4 is 15.4 Å². The number of carbonyl (C=O) groups is 1. The molecule has 2 N–H and O–H groups in total. The Morgan fingerprint density at radius 3 is 2.74 bits per heavy atom. The largest absolute Gasteiger partial charge is 0.493 e. The van der Waals surface area contributed by atoms with Crippen LogP contribution in [0.25, 0.3) is 10.8 Å². The average Bonchev–Trinajstić information content (AvgIpc) is 3.65. The van der Waals surface area contributed by atoms with E-state index in [2.05, 4.69) is 28.8 Å². The van der Waals surface area contributed by atoms with Crippen LogP contribution in [-0.2, 0) is 20.8 Å². The lowest BCUT2D eigenvalue weighted by Gasteiger charge is -2.31. The van der Waals surface area contributed by atoms with Crippen LogP contribution >= 0.6 is 0 Å². The van der Waals surface area contributed by atoms with Crippen molar-refractivity contribution in [3.8, 4) is 5.75 Å². The van der Waals surface area contributed by atoms with Gasteiger partial charge in [-0.15, -0.1) is 0 Å². The molecule has 4 rings (SSSR count). The fourth-order valence-corrected chi connectivity index (χ4v) is 4.19. The van der Waals surface area contributed by atoms with Gasteiger partial charge in [0, 0.05) is 69.3 Å². The molecule has 0 spiro atoms. The number of rotatable bonds is 10. The Balaban J connectivity index is 1.63. The SMILES string of the molecule is CNc1c(CN(C(=O)[C@H]2CNCCO2)C2CC2)cc(OCCCOC)c2ccccc12. The Morgan fingerprint density at radius 1 is 1.26 bits per heavy atom. The van der Waals surface area contributed by atoms with E-state index in [1.54, 1.807) is 7.11 Å². The molecular weight excluding hydrogens is 394 g/mol. The van der Waals surface area contributed by atoms with E-state index >= 15 is 0 Å². The Labute approximate surface area is 184 Å². The minimum absolute atomic E-state index is 0.0764. The second-order valence-corrected chi connectivity index (χ2v) is 8.16. The third kappa shape index (κ3) is 5.11. The van der Waals surface area contributed by atoms with Crippen molar-refractivity contribution in [2.24, 2.45) is 0 Å². The first-order valence-electron chi connectivity index (χ1n) is 11.2. The molecule has 2 aromatic carbocycles. The molecule has 31 heavy (non-hydrogen) atoms. The molecule has 0 unspecified atom stereocenters. The molecule has 2 fully saturated rings. The number of amides is 1. The van der Waals surface area contributed by atoms with Crippen LogP contribution in [0, 0.1) is 0 Å². The molecule has 2 aliphatic rings. The maximum atomic E-state index is 13.3. The molecule has 1 saturated carbocycles. The van der Waals surface area contributed by atoms with Gasteiger partial charge in [-0.1, -0.05) is 24.3 Å². The quantitative estimate of drug-likeness (QED) is 0.568. The summed E-state index contributed by atoms with van der Waals surface area (Å²) in [6.45, 7) is 3.74. The molecule has 1 saturated heterocycles. The summed E-state index contributed by atoms with van der Waals surface area (Å²) in [5.74, 6) is 0.923. The molecule has 2 aromatic rings. The number of nitrogens with zero attached hydrogens (tertiary/aromatic N) is 1. The first-order chi connectivity index (χ1) is 15.2. The van der Waals surface area contributed by atoms with E-state index in [-0.39, 0.29) is 5.91 Å². The maximum absolute atomic E-state index is 13.3. The molecule has 1 aliphatic carbocycles. The number of carbonyl (C=O) groups excluding carboxylic acids is 1. The Hall–Kier alpha value is -2.35. The van der Waals surface area contributed by atoms with Gasteiger partial charge in [0.2, 0.25) is 0 Å². The predicted octanol–water partition coefficient (Wildman–Crippen LogP) is 2.78. The van der Waals surface area contributed by atoms with E-state index in [1.807, 2.05) is 24.1 Å². The summed E-state index contributed by atoms with van der Waals surface area (Å²) in [6, 6.07) is 10.6. The van der Waals surface area contributed by atoms with Crippen LogP contribution in [0.4, 0.5) is 5.69 Å². The second kappa shape index (κ2) is 10.3. The first kappa shape index (κ1) is 21.9. The number of hydrogen-bond acceptors (Lipinski definition) is 6. The summed E-state index contributed by atoms with van der Waals surface area (Å²) >= 11 is 0. The van der Waals surface area contributed by atoms with Crippen LogP contribution in [0.1, 0.15) is 24.8 Å². The minimum atomic E-state index is -0.405. The zero-order valence-corrected chi connectivity index (χ0v) is 18.5. The Kier molecular flexibility index (Phi) is 7.27. The molecule has 1 aliphatic heterocycles. The van der Waals surface area contributed by atoms with Crippen molar-refractivity contribution in [2.75, 3.05) is 52.4 Å². The van der Waals surface area contributed by atoms with Crippen molar-refractivity contribution >= 4 is 22.4 Å². The number of hydrogen-bond donors (Lipinski definition) is 2. The summed E-state index contributed by atoms with van der Waals surface area (Å²) in [7, 11) is 3.63. The van der Waals surface area contributed by atoms with E-state index in [0.29, 0.717) is 39.0 Å². The Morgan fingerprint density at radius 2 is 2.06 bits per heavy atom. The maximum Gasteiger partial charge on any atom is 0.253 e. The van der Waals surface area contributed by atoms with Gasteiger partial charge >= 0.3 is 0 Å². The number of morpholine rings is 1. The van der Waals surface area contributed by atoms with Gasteiger partial charge in [0.15, 0.2) is 0 Å². The molecule has 168 valence electrons. The highest BCUT2D eigenvalue weighted by Crippen LogP contribution is 2.38. The molecule has 1 atom stereocenters. The number of ether oxygens (including phenoxy) is 3.